The number of carbonyl (C=O) groups is 2. The molecule has 25 heavy (non-hydrogen) atoms. The summed E-state index contributed by atoms with van der Waals surface area (Å²) in [5.41, 5.74) is 1.04. The Kier molecular flexibility index (Phi) is 5.33. The maximum absolute atomic E-state index is 12.5. The highest BCUT2D eigenvalue weighted by Gasteiger charge is 2.26. The van der Waals surface area contributed by atoms with Crippen molar-refractivity contribution in [2.75, 3.05) is 13.6 Å². The first-order valence-corrected chi connectivity index (χ1v) is 8.45. The molecule has 1 unspecified atom stereocenters. The molecule has 0 bridgehead atoms. The third-order valence-electron chi connectivity index (χ3n) is 4.31. The second-order valence-electron chi connectivity index (χ2n) is 6.29. The van der Waals surface area contributed by atoms with Crippen LogP contribution in [0.2, 0.25) is 0 Å². The summed E-state index contributed by atoms with van der Waals surface area (Å²) in [6.45, 7) is 0.973. The zero-order chi connectivity index (χ0) is 17.6. The van der Waals surface area contributed by atoms with Crippen LogP contribution in [0, 0.1) is 5.92 Å². The third-order valence-corrected chi connectivity index (χ3v) is 4.31. The summed E-state index contributed by atoms with van der Waals surface area (Å²) < 4.78 is 5.77. The van der Waals surface area contributed by atoms with Crippen molar-refractivity contribution < 1.29 is 14.3 Å². The highest BCUT2D eigenvalue weighted by molar-refractivity contribution is 5.83. The Morgan fingerprint density at radius 3 is 2.44 bits per heavy atom. The van der Waals surface area contributed by atoms with Gasteiger partial charge in [-0.1, -0.05) is 30.3 Å². The summed E-state index contributed by atoms with van der Waals surface area (Å²) >= 11 is 0. The Balaban J connectivity index is 1.55. The quantitative estimate of drug-likeness (QED) is 0.912. The van der Waals surface area contributed by atoms with Crippen LogP contribution in [0.5, 0.6) is 11.5 Å². The van der Waals surface area contributed by atoms with Gasteiger partial charge in [0.25, 0.3) is 0 Å². The van der Waals surface area contributed by atoms with Gasteiger partial charge >= 0.3 is 0 Å². The minimum atomic E-state index is -0.122. The van der Waals surface area contributed by atoms with Gasteiger partial charge in [0.2, 0.25) is 11.8 Å². The molecule has 0 radical (unpaired) electrons. The van der Waals surface area contributed by atoms with Crippen molar-refractivity contribution in [3.8, 4) is 11.5 Å². The van der Waals surface area contributed by atoms with Gasteiger partial charge in [-0.05, 0) is 36.2 Å². The summed E-state index contributed by atoms with van der Waals surface area (Å²) in [5, 5.41) is 2.76. The molecule has 3 rings (SSSR count). The Bertz CT molecular complexity index is 718. The van der Waals surface area contributed by atoms with Crippen molar-refractivity contribution in [1.82, 2.24) is 10.2 Å². The summed E-state index contributed by atoms with van der Waals surface area (Å²) in [6, 6.07) is 17.3. The Morgan fingerprint density at radius 1 is 1.12 bits per heavy atom. The first kappa shape index (κ1) is 17.0. The topological polar surface area (TPSA) is 58.6 Å². The monoisotopic (exact) mass is 338 g/mol. The van der Waals surface area contributed by atoms with Crippen LogP contribution in [0.3, 0.4) is 0 Å². The normalized spacial score (nSPS) is 16.8. The van der Waals surface area contributed by atoms with Crippen molar-refractivity contribution in [3.63, 3.8) is 0 Å². The number of hydrogen-bond donors (Lipinski definition) is 1. The van der Waals surface area contributed by atoms with Crippen LogP contribution in [0.4, 0.5) is 0 Å². The minimum absolute atomic E-state index is 0.0284. The number of nitrogens with one attached hydrogen (secondary N) is 1. The molecule has 5 heteroatoms. The van der Waals surface area contributed by atoms with Crippen molar-refractivity contribution in [2.24, 2.45) is 5.92 Å². The molecule has 0 spiro atoms. The zero-order valence-corrected chi connectivity index (χ0v) is 14.3. The first-order chi connectivity index (χ1) is 12.1. The first-order valence-electron chi connectivity index (χ1n) is 8.45. The highest BCUT2D eigenvalue weighted by atomic mass is 16.5. The van der Waals surface area contributed by atoms with Gasteiger partial charge in [0.1, 0.15) is 11.5 Å². The lowest BCUT2D eigenvalue weighted by molar-refractivity contribution is -0.136. The number of piperidine rings is 1. The molecule has 1 atom stereocenters. The van der Waals surface area contributed by atoms with Crippen LogP contribution in [-0.4, -0.2) is 30.3 Å². The predicted molar refractivity (Wildman–Crippen MR) is 95.2 cm³/mol. The smallest absolute Gasteiger partial charge is 0.227 e. The molecular weight excluding hydrogens is 316 g/mol. The molecule has 1 aliphatic rings. The molecule has 2 aromatic carbocycles. The van der Waals surface area contributed by atoms with E-state index < -0.39 is 0 Å². The molecule has 1 aliphatic heterocycles. The Hall–Kier alpha value is -2.82. The van der Waals surface area contributed by atoms with Crippen molar-refractivity contribution in [1.29, 1.82) is 0 Å². The van der Waals surface area contributed by atoms with Crippen molar-refractivity contribution in [3.05, 3.63) is 60.2 Å². The molecule has 130 valence electrons. The maximum Gasteiger partial charge on any atom is 0.227 e. The van der Waals surface area contributed by atoms with Crippen molar-refractivity contribution in [2.45, 2.75) is 19.4 Å². The molecule has 1 fully saturated rings. The van der Waals surface area contributed by atoms with E-state index >= 15 is 0 Å². The predicted octanol–water partition coefficient (Wildman–Crippen LogP) is 2.96. The Morgan fingerprint density at radius 2 is 1.80 bits per heavy atom. The number of carbonyl (C=O) groups excluding carboxylic acids is 2. The van der Waals surface area contributed by atoms with Crippen LogP contribution >= 0.6 is 0 Å². The van der Waals surface area contributed by atoms with Crippen LogP contribution in [-0.2, 0) is 16.1 Å². The number of ether oxygens (including phenoxy) is 1. The fourth-order valence-corrected chi connectivity index (χ4v) is 2.89. The van der Waals surface area contributed by atoms with E-state index in [2.05, 4.69) is 5.32 Å². The van der Waals surface area contributed by atoms with E-state index in [-0.39, 0.29) is 17.7 Å². The lowest BCUT2D eigenvalue weighted by Crippen LogP contribution is -2.43. The van der Waals surface area contributed by atoms with E-state index in [1.807, 2.05) is 54.6 Å². The number of nitrogens with zero attached hydrogens (tertiary/aromatic N) is 1. The van der Waals surface area contributed by atoms with Gasteiger partial charge in [0.05, 0.1) is 5.92 Å². The van der Waals surface area contributed by atoms with E-state index in [1.165, 1.54) is 0 Å². The van der Waals surface area contributed by atoms with Gasteiger partial charge in [-0.3, -0.25) is 9.59 Å². The third kappa shape index (κ3) is 4.59. The molecule has 0 aromatic heterocycles. The van der Waals surface area contributed by atoms with E-state index in [0.717, 1.165) is 17.1 Å². The Labute approximate surface area is 147 Å². The molecule has 1 saturated heterocycles. The lowest BCUT2D eigenvalue weighted by Gasteiger charge is -2.26. The van der Waals surface area contributed by atoms with Gasteiger partial charge in [-0.15, -0.1) is 0 Å². The van der Waals surface area contributed by atoms with Crippen LogP contribution in [0.25, 0.3) is 0 Å². The number of hydrogen-bond acceptors (Lipinski definition) is 3. The van der Waals surface area contributed by atoms with E-state index in [9.17, 15) is 9.59 Å². The molecule has 1 heterocycles. The van der Waals surface area contributed by atoms with Crippen LogP contribution in [0.15, 0.2) is 54.6 Å². The lowest BCUT2D eigenvalue weighted by atomic mass is 9.97. The summed E-state index contributed by atoms with van der Waals surface area (Å²) in [6.07, 6.45) is 1.05. The highest BCUT2D eigenvalue weighted by Crippen LogP contribution is 2.22. The molecule has 2 aromatic rings. The molecule has 1 N–H and O–H groups in total. The minimum Gasteiger partial charge on any atom is -0.457 e. The fraction of sp³-hybridized carbons (Fsp3) is 0.300. The van der Waals surface area contributed by atoms with Gasteiger partial charge in [0.15, 0.2) is 0 Å². The zero-order valence-electron chi connectivity index (χ0n) is 14.3. The second kappa shape index (κ2) is 7.83. The summed E-state index contributed by atoms with van der Waals surface area (Å²) in [4.78, 5) is 25.4. The van der Waals surface area contributed by atoms with Crippen LogP contribution < -0.4 is 10.1 Å². The van der Waals surface area contributed by atoms with E-state index in [1.54, 1.807) is 11.9 Å². The summed E-state index contributed by atoms with van der Waals surface area (Å²) in [7, 11) is 1.80. The SMILES string of the molecule is CN(Cc1ccc(Oc2ccccc2)cc1)C(=O)C1CCC(=O)NC1. The molecule has 0 saturated carbocycles. The molecule has 5 nitrogen and oxygen atoms in total. The summed E-state index contributed by atoms with van der Waals surface area (Å²) in [5.74, 6) is 1.54. The maximum atomic E-state index is 12.5. The van der Waals surface area contributed by atoms with Gasteiger partial charge in [-0.2, -0.15) is 0 Å². The van der Waals surface area contributed by atoms with E-state index in [0.29, 0.717) is 25.9 Å². The molecular formula is C20H22N2O3. The van der Waals surface area contributed by atoms with Gasteiger partial charge in [-0.25, -0.2) is 0 Å². The number of benzene rings is 2. The van der Waals surface area contributed by atoms with E-state index in [4.69, 9.17) is 4.74 Å². The number of rotatable bonds is 5. The molecule has 0 aliphatic carbocycles. The number of amides is 2. The fourth-order valence-electron chi connectivity index (χ4n) is 2.89. The number of para-hydroxylation sites is 1. The average Bonchev–Trinajstić information content (AvgIpc) is 2.64. The molecule has 2 amide bonds. The van der Waals surface area contributed by atoms with Crippen molar-refractivity contribution >= 4 is 11.8 Å². The average molecular weight is 338 g/mol. The van der Waals surface area contributed by atoms with Gasteiger partial charge < -0.3 is 15.0 Å². The van der Waals surface area contributed by atoms with Crippen LogP contribution in [0.1, 0.15) is 18.4 Å². The standard InChI is InChI=1S/C20H22N2O3/c1-22(20(24)16-9-12-19(23)21-13-16)14-15-7-10-18(11-8-15)25-17-5-3-2-4-6-17/h2-8,10-11,16H,9,12-14H2,1H3,(H,21,23). The van der Waals surface area contributed by atoms with Gasteiger partial charge in [0, 0.05) is 26.6 Å². The second-order valence-corrected chi connectivity index (χ2v) is 6.29. The largest absolute Gasteiger partial charge is 0.457 e.